The van der Waals surface area contributed by atoms with Crippen LogP contribution in [0.4, 0.5) is 17.6 Å². The lowest BCUT2D eigenvalue weighted by Crippen LogP contribution is -2.13. The summed E-state index contributed by atoms with van der Waals surface area (Å²) in [5.74, 6) is -2.81. The summed E-state index contributed by atoms with van der Waals surface area (Å²) >= 11 is 0. The molecule has 3 aromatic carbocycles. The van der Waals surface area contributed by atoms with Crippen molar-refractivity contribution in [3.63, 3.8) is 0 Å². The Hall–Kier alpha value is -3.28. The van der Waals surface area contributed by atoms with Gasteiger partial charge < -0.3 is 9.47 Å². The van der Waals surface area contributed by atoms with Crippen LogP contribution in [0, 0.1) is 29.2 Å². The fraction of sp³-hybridized carbons (Fsp3) is 0.333. The molecule has 0 N–H and O–H groups in total. The zero-order valence-electron chi connectivity index (χ0n) is 20.3. The summed E-state index contributed by atoms with van der Waals surface area (Å²) in [5, 5.41) is 0. The third-order valence-electron chi connectivity index (χ3n) is 6.83. The molecule has 0 amide bonds. The highest BCUT2D eigenvalue weighted by molar-refractivity contribution is 5.66. The molecule has 36 heavy (non-hydrogen) atoms. The predicted octanol–water partition coefficient (Wildman–Crippen LogP) is 8.74. The number of benzene rings is 3. The van der Waals surface area contributed by atoms with E-state index < -0.39 is 23.3 Å². The topological polar surface area (TPSA) is 18.5 Å². The largest absolute Gasteiger partial charge is 0.490 e. The summed E-state index contributed by atoms with van der Waals surface area (Å²) in [4.78, 5) is 0. The van der Waals surface area contributed by atoms with E-state index in [0.717, 1.165) is 25.7 Å². The number of hydrogen-bond donors (Lipinski definition) is 0. The van der Waals surface area contributed by atoms with Crippen LogP contribution in [-0.4, -0.2) is 6.61 Å². The molecule has 3 aromatic rings. The predicted molar refractivity (Wildman–Crippen MR) is 133 cm³/mol. The minimum Gasteiger partial charge on any atom is -0.490 e. The van der Waals surface area contributed by atoms with Crippen LogP contribution in [0.25, 0.3) is 11.1 Å². The molecule has 0 radical (unpaired) electrons. The Bertz CT molecular complexity index is 1200. The lowest BCUT2D eigenvalue weighted by atomic mass is 9.79. The Balaban J connectivity index is 1.41. The quantitative estimate of drug-likeness (QED) is 0.167. The van der Waals surface area contributed by atoms with Crippen molar-refractivity contribution in [2.75, 3.05) is 6.61 Å². The molecule has 0 aromatic heterocycles. The van der Waals surface area contributed by atoms with Crippen LogP contribution in [0.1, 0.15) is 56.1 Å². The molecule has 0 heterocycles. The highest BCUT2D eigenvalue weighted by atomic mass is 19.2. The lowest BCUT2D eigenvalue weighted by molar-refractivity contribution is 0.295. The van der Waals surface area contributed by atoms with Gasteiger partial charge in [0.2, 0.25) is 5.82 Å². The molecule has 1 saturated carbocycles. The van der Waals surface area contributed by atoms with Crippen molar-refractivity contribution < 1.29 is 27.0 Å². The molecule has 6 heteroatoms. The summed E-state index contributed by atoms with van der Waals surface area (Å²) in [5.41, 5.74) is 1.10. The summed E-state index contributed by atoms with van der Waals surface area (Å²) in [6.07, 6.45) is 5.94. The van der Waals surface area contributed by atoms with Gasteiger partial charge >= 0.3 is 0 Å². The summed E-state index contributed by atoms with van der Waals surface area (Å²) in [7, 11) is 0. The van der Waals surface area contributed by atoms with Crippen molar-refractivity contribution in [2.45, 2.75) is 51.6 Å². The van der Waals surface area contributed by atoms with Crippen molar-refractivity contribution in [1.82, 2.24) is 0 Å². The molecule has 0 saturated heterocycles. The second-order valence-electron chi connectivity index (χ2n) is 9.38. The normalized spacial score (nSPS) is 17.6. The monoisotopic (exact) mass is 498 g/mol. The van der Waals surface area contributed by atoms with Crippen LogP contribution in [-0.2, 0) is 6.61 Å². The van der Waals surface area contributed by atoms with E-state index in [1.165, 1.54) is 12.1 Å². The molecule has 0 spiro atoms. The van der Waals surface area contributed by atoms with Crippen LogP contribution >= 0.6 is 0 Å². The molecule has 0 bridgehead atoms. The van der Waals surface area contributed by atoms with Gasteiger partial charge in [-0.2, -0.15) is 4.39 Å². The summed E-state index contributed by atoms with van der Waals surface area (Å²) in [6, 6.07) is 12.4. The number of ether oxygens (including phenoxy) is 2. The molecule has 0 unspecified atom stereocenters. The Labute approximate surface area is 209 Å². The van der Waals surface area contributed by atoms with Crippen molar-refractivity contribution in [3.05, 3.63) is 95.6 Å². The van der Waals surface area contributed by atoms with E-state index in [-0.39, 0.29) is 36.0 Å². The van der Waals surface area contributed by atoms with Gasteiger partial charge in [-0.15, -0.1) is 6.58 Å². The van der Waals surface area contributed by atoms with Gasteiger partial charge in [0, 0.05) is 11.1 Å². The summed E-state index contributed by atoms with van der Waals surface area (Å²) in [6.45, 7) is 5.81. The molecule has 190 valence electrons. The zero-order valence-corrected chi connectivity index (χ0v) is 20.3. The maximum absolute atomic E-state index is 14.8. The van der Waals surface area contributed by atoms with Gasteiger partial charge in [-0.3, -0.25) is 0 Å². The van der Waals surface area contributed by atoms with Crippen LogP contribution in [0.3, 0.4) is 0 Å². The van der Waals surface area contributed by atoms with Crippen LogP contribution in [0.5, 0.6) is 11.5 Å². The van der Waals surface area contributed by atoms with Crippen molar-refractivity contribution in [2.24, 2.45) is 5.92 Å². The van der Waals surface area contributed by atoms with E-state index >= 15 is 0 Å². The fourth-order valence-corrected chi connectivity index (χ4v) is 4.61. The van der Waals surface area contributed by atoms with Crippen molar-refractivity contribution in [3.8, 4) is 22.6 Å². The molecule has 4 rings (SSSR count). The van der Waals surface area contributed by atoms with Crippen molar-refractivity contribution in [1.29, 1.82) is 0 Å². The first-order chi connectivity index (χ1) is 17.4. The average molecular weight is 499 g/mol. The average Bonchev–Trinajstić information content (AvgIpc) is 2.89. The van der Waals surface area contributed by atoms with E-state index in [1.807, 2.05) is 0 Å². The minimum absolute atomic E-state index is 0.0521. The van der Waals surface area contributed by atoms with Gasteiger partial charge in [0.25, 0.3) is 0 Å². The van der Waals surface area contributed by atoms with Gasteiger partial charge in [0.05, 0.1) is 6.61 Å². The van der Waals surface area contributed by atoms with Gasteiger partial charge in [0.15, 0.2) is 23.2 Å². The Morgan fingerprint density at radius 2 is 1.53 bits per heavy atom. The Morgan fingerprint density at radius 1 is 0.806 bits per heavy atom. The maximum Gasteiger partial charge on any atom is 0.201 e. The molecule has 2 nitrogen and oxygen atoms in total. The molecule has 1 aliphatic rings. The van der Waals surface area contributed by atoms with Crippen LogP contribution in [0.15, 0.2) is 61.2 Å². The van der Waals surface area contributed by atoms with E-state index in [4.69, 9.17) is 9.47 Å². The first kappa shape index (κ1) is 25.8. The fourth-order valence-electron chi connectivity index (χ4n) is 4.61. The first-order valence-corrected chi connectivity index (χ1v) is 12.3. The number of hydrogen-bond acceptors (Lipinski definition) is 2. The smallest absolute Gasteiger partial charge is 0.201 e. The Kier molecular flexibility index (Phi) is 8.34. The lowest BCUT2D eigenvalue weighted by Gasteiger charge is -2.27. The standard InChI is InChI=1S/C30H30F4O2/c1-3-4-17-35-26-16-15-25(29(33)30(26)34)21-9-12-23(13-10-21)36-18-22-11-14-24(28(32)27(22)31)20-7-5-19(2)6-8-20/h3,9-16,19-20H,1,4-8,17-18H2,2H3. The highest BCUT2D eigenvalue weighted by Gasteiger charge is 2.25. The van der Waals surface area contributed by atoms with Gasteiger partial charge in [0.1, 0.15) is 12.4 Å². The molecule has 0 aliphatic heterocycles. The molecular weight excluding hydrogens is 468 g/mol. The molecular formula is C30H30F4O2. The van der Waals surface area contributed by atoms with Crippen molar-refractivity contribution >= 4 is 0 Å². The second kappa shape index (κ2) is 11.6. The maximum atomic E-state index is 14.8. The van der Waals surface area contributed by atoms with Crippen LogP contribution < -0.4 is 9.47 Å². The molecule has 1 aliphatic carbocycles. The SMILES string of the molecule is C=CCCOc1ccc(-c2ccc(OCc3ccc(C4CCC(C)CC4)c(F)c3F)cc2)c(F)c1F. The van der Waals surface area contributed by atoms with Gasteiger partial charge in [-0.1, -0.05) is 50.1 Å². The van der Waals surface area contributed by atoms with Crippen LogP contribution in [0.2, 0.25) is 0 Å². The highest BCUT2D eigenvalue weighted by Crippen LogP contribution is 2.37. The van der Waals surface area contributed by atoms with E-state index in [0.29, 0.717) is 29.2 Å². The van der Waals surface area contributed by atoms with E-state index in [1.54, 1.807) is 42.5 Å². The number of halogens is 4. The Morgan fingerprint density at radius 3 is 2.22 bits per heavy atom. The summed E-state index contributed by atoms with van der Waals surface area (Å²) < 4.78 is 69.4. The minimum atomic E-state index is -1.06. The molecule has 1 fully saturated rings. The first-order valence-electron chi connectivity index (χ1n) is 12.3. The second-order valence-corrected chi connectivity index (χ2v) is 9.38. The third kappa shape index (κ3) is 5.75. The third-order valence-corrected chi connectivity index (χ3v) is 6.83. The van der Waals surface area contributed by atoms with Gasteiger partial charge in [-0.25, -0.2) is 13.2 Å². The van der Waals surface area contributed by atoms with Gasteiger partial charge in [-0.05, 0) is 66.5 Å². The van der Waals surface area contributed by atoms with E-state index in [2.05, 4.69) is 13.5 Å². The zero-order chi connectivity index (χ0) is 25.7. The molecule has 0 atom stereocenters. The van der Waals surface area contributed by atoms with E-state index in [9.17, 15) is 17.6 Å². The number of rotatable bonds is 9.